The predicted octanol–water partition coefficient (Wildman–Crippen LogP) is 2.50. The molecular weight excluding hydrogens is 320 g/mol. The third kappa shape index (κ3) is 1.34. The van der Waals surface area contributed by atoms with Gasteiger partial charge in [-0.15, -0.1) is 0 Å². The second-order valence-electron chi connectivity index (χ2n) is 2.56. The van der Waals surface area contributed by atoms with E-state index in [1.807, 2.05) is 22.6 Å². The van der Waals surface area contributed by atoms with Gasteiger partial charge in [0.2, 0.25) is 0 Å². The Kier molecular flexibility index (Phi) is 2.31. The molecule has 5 nitrogen and oxygen atoms in total. The van der Waals surface area contributed by atoms with Crippen molar-refractivity contribution in [2.75, 3.05) is 0 Å². The molecule has 2 aromatic heterocycles. The van der Waals surface area contributed by atoms with Crippen molar-refractivity contribution in [3.05, 3.63) is 37.2 Å². The Balaban J connectivity index is 2.89. The SMILES string of the molecule is O=[N+]([O-])c1cnn2ccc(I)c(Cl)c12. The lowest BCUT2D eigenvalue weighted by molar-refractivity contribution is -0.383. The molecule has 0 N–H and O–H groups in total. The molecule has 0 aromatic carbocycles. The smallest absolute Gasteiger partial charge is 0.258 e. The maximum atomic E-state index is 10.6. The van der Waals surface area contributed by atoms with Gasteiger partial charge in [-0.3, -0.25) is 10.1 Å². The summed E-state index contributed by atoms with van der Waals surface area (Å²) < 4.78 is 2.16. The quantitative estimate of drug-likeness (QED) is 0.460. The average Bonchev–Trinajstić information content (AvgIpc) is 2.55. The van der Waals surface area contributed by atoms with Crippen LogP contribution in [-0.2, 0) is 0 Å². The van der Waals surface area contributed by atoms with Gasteiger partial charge in [0, 0.05) is 9.77 Å². The Bertz CT molecular complexity index is 525. The fraction of sp³-hybridized carbons (Fsp3) is 0. The van der Waals surface area contributed by atoms with Crippen LogP contribution in [0, 0.1) is 13.7 Å². The van der Waals surface area contributed by atoms with Crippen molar-refractivity contribution in [3.63, 3.8) is 0 Å². The molecule has 0 aliphatic rings. The number of aromatic nitrogens is 2. The van der Waals surface area contributed by atoms with Gasteiger partial charge in [0.15, 0.2) is 5.52 Å². The van der Waals surface area contributed by atoms with Gasteiger partial charge in [-0.1, -0.05) is 11.6 Å². The first-order chi connectivity index (χ1) is 6.61. The highest BCUT2D eigenvalue weighted by atomic mass is 127. The molecule has 0 atom stereocenters. The molecule has 0 aliphatic heterocycles. The summed E-state index contributed by atoms with van der Waals surface area (Å²) in [5.74, 6) is 0. The van der Waals surface area contributed by atoms with Crippen LogP contribution in [0.5, 0.6) is 0 Å². The first-order valence-electron chi connectivity index (χ1n) is 3.57. The number of nitrogens with zero attached hydrogens (tertiary/aromatic N) is 3. The second-order valence-corrected chi connectivity index (χ2v) is 4.10. The Morgan fingerprint density at radius 1 is 1.64 bits per heavy atom. The van der Waals surface area contributed by atoms with E-state index in [2.05, 4.69) is 5.10 Å². The van der Waals surface area contributed by atoms with E-state index in [0.717, 1.165) is 3.57 Å². The molecule has 0 aliphatic carbocycles. The van der Waals surface area contributed by atoms with Gasteiger partial charge in [0.1, 0.15) is 6.20 Å². The third-order valence-corrected chi connectivity index (χ3v) is 3.35. The van der Waals surface area contributed by atoms with E-state index in [1.54, 1.807) is 12.3 Å². The Morgan fingerprint density at radius 2 is 2.36 bits per heavy atom. The topological polar surface area (TPSA) is 60.4 Å². The largest absolute Gasteiger partial charge is 0.316 e. The summed E-state index contributed by atoms with van der Waals surface area (Å²) in [5, 5.41) is 14.8. The van der Waals surface area contributed by atoms with E-state index in [0.29, 0.717) is 10.5 Å². The van der Waals surface area contributed by atoms with Crippen LogP contribution < -0.4 is 0 Å². The average molecular weight is 323 g/mol. The van der Waals surface area contributed by atoms with Crippen LogP contribution in [0.15, 0.2) is 18.5 Å². The predicted molar refractivity (Wildman–Crippen MR) is 59.6 cm³/mol. The van der Waals surface area contributed by atoms with Gasteiger partial charge < -0.3 is 0 Å². The Morgan fingerprint density at radius 3 is 3.00 bits per heavy atom. The number of fused-ring (bicyclic) bond motifs is 1. The summed E-state index contributed by atoms with van der Waals surface area (Å²) >= 11 is 7.96. The van der Waals surface area contributed by atoms with Crippen molar-refractivity contribution in [2.24, 2.45) is 0 Å². The van der Waals surface area contributed by atoms with Gasteiger partial charge in [-0.25, -0.2) is 4.52 Å². The van der Waals surface area contributed by atoms with Crippen LogP contribution in [0.25, 0.3) is 5.52 Å². The molecule has 7 heteroatoms. The van der Waals surface area contributed by atoms with E-state index >= 15 is 0 Å². The van der Waals surface area contributed by atoms with Crippen molar-refractivity contribution < 1.29 is 4.92 Å². The minimum absolute atomic E-state index is 0.0754. The van der Waals surface area contributed by atoms with Crippen LogP contribution in [0.2, 0.25) is 5.02 Å². The second kappa shape index (κ2) is 3.35. The first kappa shape index (κ1) is 9.66. The van der Waals surface area contributed by atoms with Crippen molar-refractivity contribution in [1.29, 1.82) is 0 Å². The molecule has 72 valence electrons. The van der Waals surface area contributed by atoms with Crippen LogP contribution in [-0.4, -0.2) is 14.5 Å². The molecule has 0 saturated heterocycles. The minimum atomic E-state index is -0.496. The van der Waals surface area contributed by atoms with E-state index in [4.69, 9.17) is 11.6 Å². The zero-order valence-electron chi connectivity index (χ0n) is 6.65. The molecule has 0 spiro atoms. The number of pyridine rings is 1. The molecular formula is C7H3ClIN3O2. The standard InChI is InChI=1S/C7H3ClIN3O2/c8-6-4(9)1-2-11-7(6)5(3-10-11)12(13)14/h1-3H. The van der Waals surface area contributed by atoms with Gasteiger partial charge in [-0.05, 0) is 28.7 Å². The monoisotopic (exact) mass is 323 g/mol. The number of halogens is 2. The summed E-state index contributed by atoms with van der Waals surface area (Å²) in [5.41, 5.74) is 0.261. The molecule has 0 saturated carbocycles. The maximum absolute atomic E-state index is 10.6. The van der Waals surface area contributed by atoms with Crippen molar-refractivity contribution >= 4 is 45.4 Å². The number of nitro groups is 1. The minimum Gasteiger partial charge on any atom is -0.258 e. The first-order valence-corrected chi connectivity index (χ1v) is 5.02. The zero-order valence-corrected chi connectivity index (χ0v) is 9.56. The van der Waals surface area contributed by atoms with Crippen LogP contribution in [0.3, 0.4) is 0 Å². The highest BCUT2D eigenvalue weighted by Crippen LogP contribution is 2.29. The molecule has 2 aromatic rings. The van der Waals surface area contributed by atoms with Gasteiger partial charge in [0.05, 0.1) is 9.95 Å². The summed E-state index contributed by atoms with van der Waals surface area (Å²) in [6, 6.07) is 1.74. The van der Waals surface area contributed by atoms with Gasteiger partial charge in [-0.2, -0.15) is 5.10 Å². The summed E-state index contributed by atoms with van der Waals surface area (Å²) in [6.45, 7) is 0. The van der Waals surface area contributed by atoms with Crippen molar-refractivity contribution in [3.8, 4) is 0 Å². The van der Waals surface area contributed by atoms with E-state index in [1.165, 1.54) is 10.7 Å². The summed E-state index contributed by atoms with van der Waals surface area (Å²) in [6.07, 6.45) is 2.83. The van der Waals surface area contributed by atoms with Gasteiger partial charge in [0.25, 0.3) is 0 Å². The summed E-state index contributed by atoms with van der Waals surface area (Å²) in [7, 11) is 0. The highest BCUT2D eigenvalue weighted by molar-refractivity contribution is 14.1. The molecule has 0 fully saturated rings. The van der Waals surface area contributed by atoms with E-state index in [9.17, 15) is 10.1 Å². The van der Waals surface area contributed by atoms with Gasteiger partial charge >= 0.3 is 5.69 Å². The normalized spacial score (nSPS) is 10.7. The third-order valence-electron chi connectivity index (χ3n) is 1.75. The van der Waals surface area contributed by atoms with Crippen molar-refractivity contribution in [1.82, 2.24) is 9.61 Å². The maximum Gasteiger partial charge on any atom is 0.316 e. The lowest BCUT2D eigenvalue weighted by Gasteiger charge is -1.97. The molecule has 2 rings (SSSR count). The highest BCUT2D eigenvalue weighted by Gasteiger charge is 2.18. The zero-order chi connectivity index (χ0) is 10.3. The number of rotatable bonds is 1. The van der Waals surface area contributed by atoms with E-state index < -0.39 is 4.92 Å². The number of hydrogen-bond acceptors (Lipinski definition) is 3. The Labute approximate surface area is 97.0 Å². The summed E-state index contributed by atoms with van der Waals surface area (Å²) in [4.78, 5) is 10.1. The molecule has 0 bridgehead atoms. The fourth-order valence-corrected chi connectivity index (χ4v) is 1.80. The van der Waals surface area contributed by atoms with Crippen LogP contribution >= 0.6 is 34.2 Å². The van der Waals surface area contributed by atoms with E-state index in [-0.39, 0.29) is 5.69 Å². The molecule has 0 unspecified atom stereocenters. The Hall–Kier alpha value is -0.890. The fourth-order valence-electron chi connectivity index (χ4n) is 1.14. The van der Waals surface area contributed by atoms with Crippen LogP contribution in [0.4, 0.5) is 5.69 Å². The lowest BCUT2D eigenvalue weighted by Crippen LogP contribution is -1.91. The number of hydrogen-bond donors (Lipinski definition) is 0. The molecule has 0 amide bonds. The molecule has 2 heterocycles. The van der Waals surface area contributed by atoms with Crippen molar-refractivity contribution in [2.45, 2.75) is 0 Å². The molecule has 14 heavy (non-hydrogen) atoms. The van der Waals surface area contributed by atoms with Crippen LogP contribution in [0.1, 0.15) is 0 Å². The molecule has 0 radical (unpaired) electrons. The lowest BCUT2D eigenvalue weighted by atomic mass is 10.4.